The zero-order chi connectivity index (χ0) is 29.4. The van der Waals surface area contributed by atoms with Gasteiger partial charge in [-0.15, -0.1) is 0 Å². The van der Waals surface area contributed by atoms with Crippen LogP contribution in [0.3, 0.4) is 0 Å². The van der Waals surface area contributed by atoms with Gasteiger partial charge in [0.2, 0.25) is 11.8 Å². The third-order valence-electron chi connectivity index (χ3n) is 7.11. The zero-order valence-corrected chi connectivity index (χ0v) is 22.6. The lowest BCUT2D eigenvalue weighted by molar-refractivity contribution is -0.137. The molecule has 42 heavy (non-hydrogen) atoms. The molecule has 0 bridgehead atoms. The van der Waals surface area contributed by atoms with Gasteiger partial charge in [-0.05, 0) is 29.8 Å². The van der Waals surface area contributed by atoms with Crippen molar-refractivity contribution in [3.8, 4) is 22.3 Å². The van der Waals surface area contributed by atoms with Crippen molar-refractivity contribution >= 4 is 46.0 Å². The monoisotopic (exact) mass is 587 g/mol. The lowest BCUT2D eigenvalue weighted by atomic mass is 10.0. The van der Waals surface area contributed by atoms with E-state index in [1.807, 2.05) is 0 Å². The Morgan fingerprint density at radius 3 is 2.67 bits per heavy atom. The first-order valence-electron chi connectivity index (χ1n) is 12.9. The van der Waals surface area contributed by atoms with Crippen LogP contribution >= 0.6 is 11.6 Å². The molecule has 212 valence electrons. The Hall–Kier alpha value is -5.17. The van der Waals surface area contributed by atoms with Crippen LogP contribution in [0.1, 0.15) is 16.9 Å². The third-order valence-corrected chi connectivity index (χ3v) is 7.44. The van der Waals surface area contributed by atoms with Gasteiger partial charge in [0.25, 0.3) is 5.91 Å². The first kappa shape index (κ1) is 27.0. The summed E-state index contributed by atoms with van der Waals surface area (Å²) in [6.45, 7) is -0.607. The minimum atomic E-state index is -1.40. The van der Waals surface area contributed by atoms with Crippen LogP contribution in [-0.2, 0) is 16.1 Å². The van der Waals surface area contributed by atoms with Gasteiger partial charge in [0.1, 0.15) is 24.6 Å². The van der Waals surface area contributed by atoms with E-state index in [4.69, 9.17) is 17.3 Å². The molecule has 4 heterocycles. The maximum Gasteiger partial charge on any atom is 0.269 e. The summed E-state index contributed by atoms with van der Waals surface area (Å²) in [5.41, 5.74) is 8.75. The van der Waals surface area contributed by atoms with Gasteiger partial charge in [0, 0.05) is 33.5 Å². The van der Waals surface area contributed by atoms with Crippen LogP contribution < -0.4 is 11.1 Å². The van der Waals surface area contributed by atoms with E-state index in [0.717, 1.165) is 11.1 Å². The van der Waals surface area contributed by atoms with Crippen LogP contribution in [0.4, 0.5) is 10.2 Å². The van der Waals surface area contributed by atoms with Crippen LogP contribution in [0.25, 0.3) is 33.2 Å². The lowest BCUT2D eigenvalue weighted by Gasteiger charge is -2.23. The molecular weight excluding hydrogens is 565 g/mol. The van der Waals surface area contributed by atoms with E-state index in [0.29, 0.717) is 27.1 Å². The molecule has 1 fully saturated rings. The number of carbonyl (C=O) groups excluding carboxylic acids is 3. The number of likely N-dealkylation sites (tertiary alicyclic amines) is 1. The molecule has 3 aromatic heterocycles. The first-order chi connectivity index (χ1) is 20.3. The number of anilines is 1. The topological polar surface area (TPSA) is 165 Å². The summed E-state index contributed by atoms with van der Waals surface area (Å²) in [4.78, 5) is 40.2. The predicted octanol–water partition coefficient (Wildman–Crippen LogP) is 3.21. The quantitative estimate of drug-likeness (QED) is 0.263. The molecule has 1 aliphatic heterocycles. The molecular formula is C28H23ClFN9O3. The minimum absolute atomic E-state index is 0.0212. The van der Waals surface area contributed by atoms with Gasteiger partial charge in [-0.25, -0.2) is 4.39 Å². The summed E-state index contributed by atoms with van der Waals surface area (Å²) in [6.07, 6.45) is 3.05. The number of amides is 3. The van der Waals surface area contributed by atoms with Gasteiger partial charge in [-0.3, -0.25) is 24.2 Å². The summed E-state index contributed by atoms with van der Waals surface area (Å²) < 4.78 is 16.0. The van der Waals surface area contributed by atoms with Crippen molar-refractivity contribution in [1.29, 1.82) is 0 Å². The van der Waals surface area contributed by atoms with Crippen LogP contribution in [-0.4, -0.2) is 71.6 Å². The number of hydrogen-bond acceptors (Lipinski definition) is 7. The number of rotatable bonds is 7. The number of hydrogen-bond donors (Lipinski definition) is 3. The maximum absolute atomic E-state index is 14.6. The van der Waals surface area contributed by atoms with Crippen LogP contribution in [0.5, 0.6) is 0 Å². The van der Waals surface area contributed by atoms with Crippen molar-refractivity contribution in [2.45, 2.75) is 25.2 Å². The van der Waals surface area contributed by atoms with Gasteiger partial charge in [-0.2, -0.15) is 20.4 Å². The highest BCUT2D eigenvalue weighted by molar-refractivity contribution is 6.33. The number of aromatic amines is 1. The van der Waals surface area contributed by atoms with Crippen molar-refractivity contribution in [1.82, 2.24) is 35.1 Å². The van der Waals surface area contributed by atoms with E-state index in [1.165, 1.54) is 15.8 Å². The third kappa shape index (κ3) is 5.05. The number of nitrogens with zero attached hydrogens (tertiary/aromatic N) is 6. The lowest BCUT2D eigenvalue weighted by Crippen LogP contribution is -2.44. The Balaban J connectivity index is 1.25. The first-order valence-corrected chi connectivity index (χ1v) is 13.3. The van der Waals surface area contributed by atoms with Crippen LogP contribution in [0, 0.1) is 0 Å². The van der Waals surface area contributed by atoms with E-state index >= 15 is 0 Å². The van der Waals surface area contributed by atoms with E-state index < -0.39 is 29.9 Å². The summed E-state index contributed by atoms with van der Waals surface area (Å²) in [5, 5.41) is 22.3. The predicted molar refractivity (Wildman–Crippen MR) is 152 cm³/mol. The summed E-state index contributed by atoms with van der Waals surface area (Å²) in [5.74, 6) is -1.63. The molecule has 12 nitrogen and oxygen atoms in total. The Morgan fingerprint density at radius 1 is 1.07 bits per heavy atom. The van der Waals surface area contributed by atoms with E-state index in [1.54, 1.807) is 60.9 Å². The van der Waals surface area contributed by atoms with Crippen molar-refractivity contribution in [2.75, 3.05) is 11.9 Å². The Labute approximate surface area is 242 Å². The van der Waals surface area contributed by atoms with Crippen molar-refractivity contribution in [2.24, 2.45) is 5.73 Å². The molecule has 0 saturated carbocycles. The summed E-state index contributed by atoms with van der Waals surface area (Å²) >= 11 is 6.32. The minimum Gasteiger partial charge on any atom is -0.364 e. The number of nitrogens with two attached hydrogens (primary N) is 1. The number of H-pyrrole nitrogens is 1. The molecule has 3 amide bonds. The SMILES string of the molecule is NC(=O)c1nn(CC(=O)N2CC(F)CC2C(=O)Nc2[nH]ncc2-c2ccccc2Cl)c2ccc(-c3ccnnc3)cc12. The number of primary amides is 1. The van der Waals surface area contributed by atoms with Crippen LogP contribution in [0.2, 0.25) is 5.02 Å². The molecule has 1 aliphatic rings. The van der Waals surface area contributed by atoms with E-state index in [2.05, 4.69) is 30.8 Å². The van der Waals surface area contributed by atoms with Gasteiger partial charge < -0.3 is 16.0 Å². The number of fused-ring (bicyclic) bond motifs is 1. The molecule has 0 spiro atoms. The van der Waals surface area contributed by atoms with Crippen molar-refractivity contribution < 1.29 is 18.8 Å². The van der Waals surface area contributed by atoms with Gasteiger partial charge in [0.05, 0.1) is 30.7 Å². The number of aromatic nitrogens is 6. The maximum atomic E-state index is 14.6. The van der Waals surface area contributed by atoms with Gasteiger partial charge in [0.15, 0.2) is 5.69 Å². The molecule has 2 unspecified atom stereocenters. The smallest absolute Gasteiger partial charge is 0.269 e. The molecule has 4 N–H and O–H groups in total. The van der Waals surface area contributed by atoms with Crippen LogP contribution in [0.15, 0.2) is 67.1 Å². The molecule has 6 rings (SSSR count). The molecule has 5 aromatic rings. The fourth-order valence-corrected chi connectivity index (χ4v) is 5.36. The highest BCUT2D eigenvalue weighted by atomic mass is 35.5. The van der Waals surface area contributed by atoms with Crippen molar-refractivity contribution in [3.63, 3.8) is 0 Å². The number of carbonyl (C=O) groups is 3. The highest BCUT2D eigenvalue weighted by Gasteiger charge is 2.40. The number of halogens is 2. The molecule has 2 atom stereocenters. The average Bonchev–Trinajstić information content (AvgIpc) is 3.71. The second kappa shape index (κ2) is 11.0. The number of alkyl halides is 1. The number of benzene rings is 2. The Kier molecular flexibility index (Phi) is 7.08. The molecule has 2 aromatic carbocycles. The number of nitrogens with one attached hydrogen (secondary N) is 2. The molecule has 0 aliphatic carbocycles. The molecule has 14 heteroatoms. The largest absolute Gasteiger partial charge is 0.364 e. The molecule has 0 radical (unpaired) electrons. The average molecular weight is 588 g/mol. The fourth-order valence-electron chi connectivity index (χ4n) is 5.12. The van der Waals surface area contributed by atoms with E-state index in [9.17, 15) is 18.8 Å². The second-order valence-electron chi connectivity index (χ2n) is 9.76. The fraction of sp³-hybridized carbons (Fsp3) is 0.179. The van der Waals surface area contributed by atoms with E-state index in [-0.39, 0.29) is 31.0 Å². The standard InChI is InChI=1S/C28H23ClFN9O3/c29-21-4-2-1-3-18(21)20-12-34-36-27(20)35-28(42)23-10-17(30)13-38(23)24(40)14-39-22-6-5-15(16-7-8-32-33-11-16)9-19(22)25(37-39)26(31)41/h1-9,11-12,17,23H,10,13-14H2,(H2,31,41)(H2,34,35,36,42). The van der Waals surface area contributed by atoms with Crippen molar-refractivity contribution in [3.05, 3.63) is 77.8 Å². The summed E-state index contributed by atoms with van der Waals surface area (Å²) in [7, 11) is 0. The Bertz CT molecular complexity index is 1820. The van der Waals surface area contributed by atoms with Gasteiger partial charge in [-0.1, -0.05) is 35.9 Å². The normalized spacial score (nSPS) is 16.6. The highest BCUT2D eigenvalue weighted by Crippen LogP contribution is 2.33. The second-order valence-corrected chi connectivity index (χ2v) is 10.2. The summed E-state index contributed by atoms with van der Waals surface area (Å²) in [6, 6.07) is 13.0. The van der Waals surface area contributed by atoms with Gasteiger partial charge >= 0.3 is 0 Å². The Morgan fingerprint density at radius 2 is 1.90 bits per heavy atom. The molecule has 1 saturated heterocycles. The zero-order valence-electron chi connectivity index (χ0n) is 21.9.